The molecule has 1 aliphatic heterocycles. The zero-order valence-corrected chi connectivity index (χ0v) is 16.5. The topological polar surface area (TPSA) is 40.6 Å². The zero-order valence-electron chi connectivity index (χ0n) is 15.7. The molecule has 1 fully saturated rings. The van der Waals surface area contributed by atoms with Crippen LogP contribution in [-0.4, -0.2) is 50.3 Å². The van der Waals surface area contributed by atoms with Crippen LogP contribution in [0, 0.1) is 5.92 Å². The summed E-state index contributed by atoms with van der Waals surface area (Å²) in [7, 11) is -3.36. The van der Waals surface area contributed by atoms with Crippen LogP contribution in [0.5, 0.6) is 0 Å². The van der Waals surface area contributed by atoms with E-state index in [-0.39, 0.29) is 0 Å². The second kappa shape index (κ2) is 7.60. The van der Waals surface area contributed by atoms with E-state index in [1.807, 2.05) is 12.1 Å². The maximum atomic E-state index is 12.9. The molecule has 0 radical (unpaired) electrons. The number of hydrogen-bond acceptors (Lipinski definition) is 3. The molecule has 0 amide bonds. The fourth-order valence-electron chi connectivity index (χ4n) is 3.75. The predicted octanol–water partition coefficient (Wildman–Crippen LogP) is 3.39. The molecule has 2 aliphatic rings. The highest BCUT2D eigenvalue weighted by Crippen LogP contribution is 2.30. The Labute approximate surface area is 152 Å². The molecule has 4 nitrogen and oxygen atoms in total. The van der Waals surface area contributed by atoms with Crippen molar-refractivity contribution in [1.82, 2.24) is 9.21 Å². The van der Waals surface area contributed by atoms with E-state index in [1.54, 1.807) is 10.4 Å². The molecule has 0 spiro atoms. The van der Waals surface area contributed by atoms with Crippen molar-refractivity contribution in [1.29, 1.82) is 0 Å². The molecule has 0 saturated carbocycles. The number of fused-ring (bicyclic) bond motifs is 1. The third kappa shape index (κ3) is 3.99. The van der Waals surface area contributed by atoms with Crippen molar-refractivity contribution < 1.29 is 8.42 Å². The summed E-state index contributed by atoms with van der Waals surface area (Å²) in [5.74, 6) is 0.622. The van der Waals surface area contributed by atoms with Gasteiger partial charge >= 0.3 is 0 Å². The average Bonchev–Trinajstić information content (AvgIpc) is 3.01. The first-order valence-corrected chi connectivity index (χ1v) is 10.9. The Morgan fingerprint density at radius 2 is 1.84 bits per heavy atom. The van der Waals surface area contributed by atoms with Gasteiger partial charge in [0.15, 0.2) is 0 Å². The minimum Gasteiger partial charge on any atom is -0.300 e. The Morgan fingerprint density at radius 1 is 1.16 bits per heavy atom. The van der Waals surface area contributed by atoms with Gasteiger partial charge in [0.05, 0.1) is 4.90 Å². The van der Waals surface area contributed by atoms with Gasteiger partial charge in [0.2, 0.25) is 10.0 Å². The van der Waals surface area contributed by atoms with Crippen molar-refractivity contribution in [2.24, 2.45) is 5.92 Å². The van der Waals surface area contributed by atoms with Gasteiger partial charge in [0, 0.05) is 19.6 Å². The highest BCUT2D eigenvalue weighted by atomic mass is 32.2. The lowest BCUT2D eigenvalue weighted by atomic mass is 10.0. The molecular formula is C20H30N2O2S. The number of nitrogens with zero attached hydrogens (tertiary/aromatic N) is 2. The highest BCUT2D eigenvalue weighted by Gasteiger charge is 2.29. The first-order valence-electron chi connectivity index (χ1n) is 9.49. The molecule has 25 heavy (non-hydrogen) atoms. The van der Waals surface area contributed by atoms with E-state index < -0.39 is 10.0 Å². The number of likely N-dealkylation sites (N-methyl/N-ethyl adjacent to an activating group) is 1. The molecule has 138 valence electrons. The molecule has 1 aromatic rings. The Balaban J connectivity index is 1.79. The van der Waals surface area contributed by atoms with Crippen LogP contribution >= 0.6 is 0 Å². The van der Waals surface area contributed by atoms with Crippen molar-refractivity contribution in [2.45, 2.75) is 44.9 Å². The van der Waals surface area contributed by atoms with E-state index in [9.17, 15) is 8.42 Å². The van der Waals surface area contributed by atoms with Gasteiger partial charge in [-0.1, -0.05) is 38.5 Å². The molecule has 1 aliphatic carbocycles. The van der Waals surface area contributed by atoms with Gasteiger partial charge in [-0.3, -0.25) is 4.90 Å². The molecule has 3 rings (SSSR count). The Kier molecular flexibility index (Phi) is 5.66. The van der Waals surface area contributed by atoms with Crippen LogP contribution < -0.4 is 0 Å². The van der Waals surface area contributed by atoms with Crippen LogP contribution in [-0.2, 0) is 16.4 Å². The van der Waals surface area contributed by atoms with Crippen molar-refractivity contribution in [3.63, 3.8) is 0 Å². The van der Waals surface area contributed by atoms with Crippen molar-refractivity contribution in [3.05, 3.63) is 34.9 Å². The summed E-state index contributed by atoms with van der Waals surface area (Å²) in [6.07, 6.45) is 5.04. The lowest BCUT2D eigenvalue weighted by molar-refractivity contribution is 0.288. The van der Waals surface area contributed by atoms with E-state index >= 15 is 0 Å². The molecule has 0 N–H and O–H groups in total. The standard InChI is InChI=1S/C20H30N2O2S/c1-4-21(5-2)15-17-12-18-6-7-20(14-19(18)13-17)25(23,24)22-10-8-16(3)9-11-22/h6-7,13-14,16H,4-5,8-12,15H2,1-3H3. The van der Waals surface area contributed by atoms with Crippen molar-refractivity contribution in [3.8, 4) is 0 Å². The minimum absolute atomic E-state index is 0.446. The monoisotopic (exact) mass is 362 g/mol. The second-order valence-electron chi connectivity index (χ2n) is 7.39. The summed E-state index contributed by atoms with van der Waals surface area (Å²) in [6, 6.07) is 5.67. The lowest BCUT2D eigenvalue weighted by Gasteiger charge is -2.29. The molecule has 0 aromatic heterocycles. The van der Waals surface area contributed by atoms with Crippen molar-refractivity contribution >= 4 is 16.1 Å². The first kappa shape index (κ1) is 18.6. The third-order valence-electron chi connectivity index (χ3n) is 5.60. The van der Waals surface area contributed by atoms with E-state index in [1.165, 1.54) is 11.1 Å². The number of rotatable bonds is 6. The van der Waals surface area contributed by atoms with E-state index in [4.69, 9.17) is 0 Å². The average molecular weight is 363 g/mol. The molecule has 0 unspecified atom stereocenters. The fraction of sp³-hybridized carbons (Fsp3) is 0.600. The van der Waals surface area contributed by atoms with Gasteiger partial charge in [-0.15, -0.1) is 0 Å². The predicted molar refractivity (Wildman–Crippen MR) is 103 cm³/mol. The quantitative estimate of drug-likeness (QED) is 0.779. The normalized spacial score (nSPS) is 19.3. The molecule has 1 saturated heterocycles. The Hall–Kier alpha value is -1.17. The zero-order chi connectivity index (χ0) is 18.0. The van der Waals surface area contributed by atoms with Gasteiger partial charge in [0.25, 0.3) is 0 Å². The smallest absolute Gasteiger partial charge is 0.243 e. The van der Waals surface area contributed by atoms with Crippen LogP contribution in [0.4, 0.5) is 0 Å². The second-order valence-corrected chi connectivity index (χ2v) is 9.33. The fourth-order valence-corrected chi connectivity index (χ4v) is 5.26. The number of piperidine rings is 1. The van der Waals surface area contributed by atoms with Crippen molar-refractivity contribution in [2.75, 3.05) is 32.7 Å². The maximum Gasteiger partial charge on any atom is 0.243 e. The number of sulfonamides is 1. The summed E-state index contributed by atoms with van der Waals surface area (Å²) in [5.41, 5.74) is 3.70. The summed E-state index contributed by atoms with van der Waals surface area (Å²) < 4.78 is 27.5. The highest BCUT2D eigenvalue weighted by molar-refractivity contribution is 7.89. The van der Waals surface area contributed by atoms with Crippen LogP contribution in [0.3, 0.4) is 0 Å². The maximum absolute atomic E-state index is 12.9. The summed E-state index contributed by atoms with van der Waals surface area (Å²) in [4.78, 5) is 2.84. The summed E-state index contributed by atoms with van der Waals surface area (Å²) >= 11 is 0. The molecule has 1 heterocycles. The largest absolute Gasteiger partial charge is 0.300 e. The minimum atomic E-state index is -3.36. The number of benzene rings is 1. The third-order valence-corrected chi connectivity index (χ3v) is 7.49. The van der Waals surface area contributed by atoms with Gasteiger partial charge in [-0.25, -0.2) is 8.42 Å². The number of hydrogen-bond donors (Lipinski definition) is 0. The van der Waals surface area contributed by atoms with Gasteiger partial charge in [-0.05, 0) is 61.5 Å². The first-order chi connectivity index (χ1) is 11.9. The Bertz CT molecular complexity index is 743. The Morgan fingerprint density at radius 3 is 2.48 bits per heavy atom. The SMILES string of the molecule is CCN(CC)CC1=Cc2cc(S(=O)(=O)N3CCC(C)CC3)ccc2C1. The van der Waals surface area contributed by atoms with Crippen LogP contribution in [0.25, 0.3) is 6.08 Å². The van der Waals surface area contributed by atoms with Gasteiger partial charge in [0.1, 0.15) is 0 Å². The van der Waals surface area contributed by atoms with Gasteiger partial charge < -0.3 is 0 Å². The van der Waals surface area contributed by atoms with Crippen LogP contribution in [0.2, 0.25) is 0 Å². The summed E-state index contributed by atoms with van der Waals surface area (Å²) in [6.45, 7) is 10.9. The van der Waals surface area contributed by atoms with E-state index in [0.717, 1.165) is 44.5 Å². The molecule has 1 aromatic carbocycles. The van der Waals surface area contributed by atoms with Crippen LogP contribution in [0.1, 0.15) is 44.7 Å². The lowest BCUT2D eigenvalue weighted by Crippen LogP contribution is -2.37. The van der Waals surface area contributed by atoms with E-state index in [2.05, 4.69) is 31.7 Å². The molecular weight excluding hydrogens is 332 g/mol. The van der Waals surface area contributed by atoms with E-state index in [0.29, 0.717) is 23.9 Å². The molecule has 5 heteroatoms. The summed E-state index contributed by atoms with van der Waals surface area (Å²) in [5, 5.41) is 0. The molecule has 0 bridgehead atoms. The van der Waals surface area contributed by atoms with Crippen LogP contribution in [0.15, 0.2) is 28.7 Å². The molecule has 0 atom stereocenters. The van der Waals surface area contributed by atoms with Gasteiger partial charge in [-0.2, -0.15) is 4.31 Å².